The predicted octanol–water partition coefficient (Wildman–Crippen LogP) is 3.75. The Morgan fingerprint density at radius 2 is 1.88 bits per heavy atom. The third-order valence-electron chi connectivity index (χ3n) is 3.55. The zero-order chi connectivity index (χ0) is 17.8. The SMILES string of the molecule is COc1ccc(-c2ocnc2C(=O)Nc2ccccc2F)cc1OC. The van der Waals surface area contributed by atoms with E-state index in [-0.39, 0.29) is 17.1 Å². The first-order chi connectivity index (χ1) is 12.1. The summed E-state index contributed by atoms with van der Waals surface area (Å²) in [6.07, 6.45) is 1.16. The minimum absolute atomic E-state index is 0.0375. The van der Waals surface area contributed by atoms with Crippen molar-refractivity contribution in [2.45, 2.75) is 0 Å². The quantitative estimate of drug-likeness (QED) is 0.764. The highest BCUT2D eigenvalue weighted by molar-refractivity contribution is 6.06. The van der Waals surface area contributed by atoms with Crippen LogP contribution in [0.3, 0.4) is 0 Å². The molecular formula is C18H15FN2O4. The molecule has 0 saturated carbocycles. The predicted molar refractivity (Wildman–Crippen MR) is 89.4 cm³/mol. The third kappa shape index (κ3) is 3.30. The molecule has 0 aliphatic rings. The normalized spacial score (nSPS) is 10.4. The number of hydrogen-bond acceptors (Lipinski definition) is 5. The van der Waals surface area contributed by atoms with Crippen molar-refractivity contribution in [2.75, 3.05) is 19.5 Å². The highest BCUT2D eigenvalue weighted by Crippen LogP contribution is 2.33. The largest absolute Gasteiger partial charge is 0.493 e. The molecule has 6 nitrogen and oxygen atoms in total. The highest BCUT2D eigenvalue weighted by atomic mass is 19.1. The average molecular weight is 342 g/mol. The molecule has 0 aliphatic heterocycles. The van der Waals surface area contributed by atoms with Crippen LogP contribution in [-0.4, -0.2) is 25.1 Å². The fourth-order valence-electron chi connectivity index (χ4n) is 2.33. The molecule has 7 heteroatoms. The number of methoxy groups -OCH3 is 2. The molecule has 3 rings (SSSR count). The van der Waals surface area contributed by atoms with Crippen LogP contribution in [0.2, 0.25) is 0 Å². The zero-order valence-corrected chi connectivity index (χ0v) is 13.6. The van der Waals surface area contributed by atoms with Gasteiger partial charge >= 0.3 is 0 Å². The molecule has 1 amide bonds. The fraction of sp³-hybridized carbons (Fsp3) is 0.111. The van der Waals surface area contributed by atoms with Gasteiger partial charge in [-0.2, -0.15) is 0 Å². The number of nitrogens with zero attached hydrogens (tertiary/aromatic N) is 1. The Morgan fingerprint density at radius 1 is 1.12 bits per heavy atom. The van der Waals surface area contributed by atoms with Gasteiger partial charge in [-0.3, -0.25) is 4.79 Å². The van der Waals surface area contributed by atoms with Crippen LogP contribution in [0, 0.1) is 5.82 Å². The number of oxazole rings is 1. The molecule has 3 aromatic rings. The molecule has 0 unspecified atom stereocenters. The Kier molecular flexibility index (Phi) is 4.65. The second-order valence-corrected chi connectivity index (χ2v) is 5.03. The van der Waals surface area contributed by atoms with Crippen molar-refractivity contribution in [1.82, 2.24) is 4.98 Å². The van der Waals surface area contributed by atoms with Crippen LogP contribution in [0.25, 0.3) is 11.3 Å². The van der Waals surface area contributed by atoms with Gasteiger partial charge < -0.3 is 19.2 Å². The van der Waals surface area contributed by atoms with Crippen LogP contribution in [0.5, 0.6) is 11.5 Å². The molecular weight excluding hydrogens is 327 g/mol. The number of ether oxygens (including phenoxy) is 2. The molecule has 1 N–H and O–H groups in total. The number of anilines is 1. The number of aromatic nitrogens is 1. The van der Waals surface area contributed by atoms with E-state index in [4.69, 9.17) is 13.9 Å². The molecule has 2 aromatic carbocycles. The molecule has 0 fully saturated rings. The summed E-state index contributed by atoms with van der Waals surface area (Å²) in [5.41, 5.74) is 0.679. The number of carbonyl (C=O) groups excluding carboxylic acids is 1. The van der Waals surface area contributed by atoms with Gasteiger partial charge in [0, 0.05) is 5.56 Å². The Bertz CT molecular complexity index is 908. The maximum atomic E-state index is 13.7. The van der Waals surface area contributed by atoms with Crippen molar-refractivity contribution in [2.24, 2.45) is 0 Å². The van der Waals surface area contributed by atoms with E-state index in [1.54, 1.807) is 24.3 Å². The lowest BCUT2D eigenvalue weighted by molar-refractivity contribution is 0.102. The summed E-state index contributed by atoms with van der Waals surface area (Å²) in [4.78, 5) is 16.4. The zero-order valence-electron chi connectivity index (χ0n) is 13.6. The third-order valence-corrected chi connectivity index (χ3v) is 3.55. The fourth-order valence-corrected chi connectivity index (χ4v) is 2.33. The summed E-state index contributed by atoms with van der Waals surface area (Å²) in [5, 5.41) is 2.48. The molecule has 0 saturated heterocycles. The van der Waals surface area contributed by atoms with Crippen molar-refractivity contribution in [3.05, 3.63) is 60.4 Å². The van der Waals surface area contributed by atoms with Gasteiger partial charge in [-0.15, -0.1) is 0 Å². The second kappa shape index (κ2) is 7.04. The van der Waals surface area contributed by atoms with E-state index in [2.05, 4.69) is 10.3 Å². The van der Waals surface area contributed by atoms with Crippen LogP contribution in [0.15, 0.2) is 53.3 Å². The number of amides is 1. The molecule has 0 radical (unpaired) electrons. The van der Waals surface area contributed by atoms with Gasteiger partial charge in [0.2, 0.25) is 0 Å². The molecule has 0 bridgehead atoms. The Hall–Kier alpha value is -3.35. The molecule has 1 aromatic heterocycles. The Labute approximate surface area is 143 Å². The van der Waals surface area contributed by atoms with Gasteiger partial charge in [0.05, 0.1) is 19.9 Å². The molecule has 128 valence electrons. The minimum Gasteiger partial charge on any atom is -0.493 e. The smallest absolute Gasteiger partial charge is 0.278 e. The standard InChI is InChI=1S/C18H15FN2O4/c1-23-14-8-7-11(9-15(14)24-2)17-16(20-10-25-17)18(22)21-13-6-4-3-5-12(13)19/h3-10H,1-2H3,(H,21,22). The number of carbonyl (C=O) groups is 1. The molecule has 0 aliphatic carbocycles. The van der Waals surface area contributed by atoms with E-state index in [9.17, 15) is 9.18 Å². The van der Waals surface area contributed by atoms with Crippen molar-refractivity contribution >= 4 is 11.6 Å². The summed E-state index contributed by atoms with van der Waals surface area (Å²) in [6, 6.07) is 10.9. The van der Waals surface area contributed by atoms with Gasteiger partial charge in [-0.05, 0) is 30.3 Å². The van der Waals surface area contributed by atoms with Gasteiger partial charge in [0.15, 0.2) is 29.3 Å². The van der Waals surface area contributed by atoms with Gasteiger partial charge in [-0.1, -0.05) is 12.1 Å². The molecule has 0 spiro atoms. The number of rotatable bonds is 5. The first kappa shape index (κ1) is 16.5. The van der Waals surface area contributed by atoms with Crippen molar-refractivity contribution in [1.29, 1.82) is 0 Å². The summed E-state index contributed by atoms with van der Waals surface area (Å²) in [6.45, 7) is 0. The highest BCUT2D eigenvalue weighted by Gasteiger charge is 2.20. The number of hydrogen-bond donors (Lipinski definition) is 1. The van der Waals surface area contributed by atoms with Crippen molar-refractivity contribution in [3.8, 4) is 22.8 Å². The number of benzene rings is 2. The van der Waals surface area contributed by atoms with Gasteiger partial charge in [-0.25, -0.2) is 9.37 Å². The minimum atomic E-state index is -0.580. The van der Waals surface area contributed by atoms with E-state index >= 15 is 0 Å². The molecule has 25 heavy (non-hydrogen) atoms. The summed E-state index contributed by atoms with van der Waals surface area (Å²) < 4.78 is 29.5. The van der Waals surface area contributed by atoms with Gasteiger partial charge in [0.1, 0.15) is 5.82 Å². The lowest BCUT2D eigenvalue weighted by atomic mass is 10.1. The Morgan fingerprint density at radius 3 is 2.60 bits per heavy atom. The summed E-state index contributed by atoms with van der Waals surface area (Å²) in [7, 11) is 3.03. The number of para-hydroxylation sites is 1. The average Bonchev–Trinajstić information content (AvgIpc) is 3.13. The van der Waals surface area contributed by atoms with E-state index in [0.717, 1.165) is 6.39 Å². The van der Waals surface area contributed by atoms with E-state index in [1.807, 2.05) is 0 Å². The maximum absolute atomic E-state index is 13.7. The van der Waals surface area contributed by atoms with Crippen LogP contribution in [0.4, 0.5) is 10.1 Å². The van der Waals surface area contributed by atoms with Crippen LogP contribution < -0.4 is 14.8 Å². The number of halogens is 1. The second-order valence-electron chi connectivity index (χ2n) is 5.03. The van der Waals surface area contributed by atoms with Crippen molar-refractivity contribution < 1.29 is 23.1 Å². The van der Waals surface area contributed by atoms with E-state index in [1.165, 1.54) is 32.4 Å². The lowest BCUT2D eigenvalue weighted by Gasteiger charge is -2.09. The first-order valence-corrected chi connectivity index (χ1v) is 7.35. The van der Waals surface area contributed by atoms with Crippen LogP contribution in [0.1, 0.15) is 10.5 Å². The van der Waals surface area contributed by atoms with Crippen molar-refractivity contribution in [3.63, 3.8) is 0 Å². The summed E-state index contributed by atoms with van der Waals surface area (Å²) >= 11 is 0. The van der Waals surface area contributed by atoms with Gasteiger partial charge in [0.25, 0.3) is 5.91 Å². The maximum Gasteiger partial charge on any atom is 0.278 e. The lowest BCUT2D eigenvalue weighted by Crippen LogP contribution is -2.14. The molecule has 0 atom stereocenters. The van der Waals surface area contributed by atoms with Crippen LogP contribution >= 0.6 is 0 Å². The topological polar surface area (TPSA) is 73.6 Å². The molecule has 1 heterocycles. The van der Waals surface area contributed by atoms with E-state index in [0.29, 0.717) is 17.1 Å². The van der Waals surface area contributed by atoms with E-state index < -0.39 is 11.7 Å². The number of nitrogens with one attached hydrogen (secondary N) is 1. The Balaban J connectivity index is 1.93. The summed E-state index contributed by atoms with van der Waals surface area (Å²) in [5.74, 6) is 0.158. The monoisotopic (exact) mass is 342 g/mol. The first-order valence-electron chi connectivity index (χ1n) is 7.35. The van der Waals surface area contributed by atoms with Crippen LogP contribution in [-0.2, 0) is 0 Å².